The smallest absolute Gasteiger partial charge is 0.248 e. The number of anilines is 1. The van der Waals surface area contributed by atoms with Crippen LogP contribution in [0, 0.1) is 17.7 Å². The fourth-order valence-corrected chi connectivity index (χ4v) is 4.34. The van der Waals surface area contributed by atoms with Crippen LogP contribution in [0.2, 0.25) is 0 Å². The van der Waals surface area contributed by atoms with Crippen molar-refractivity contribution in [2.45, 2.75) is 38.6 Å². The lowest BCUT2D eigenvalue weighted by molar-refractivity contribution is -0.141. The molecule has 2 heterocycles. The van der Waals surface area contributed by atoms with Crippen molar-refractivity contribution in [1.82, 2.24) is 9.88 Å². The van der Waals surface area contributed by atoms with Gasteiger partial charge in [-0.05, 0) is 55.9 Å². The molecule has 0 unspecified atom stereocenters. The predicted octanol–water partition coefficient (Wildman–Crippen LogP) is 3.92. The van der Waals surface area contributed by atoms with Crippen LogP contribution in [-0.4, -0.2) is 34.3 Å². The molecule has 1 N–H and O–H groups in total. The summed E-state index contributed by atoms with van der Waals surface area (Å²) in [6.45, 7) is 2.73. The summed E-state index contributed by atoms with van der Waals surface area (Å²) in [7, 11) is 0. The van der Waals surface area contributed by atoms with Crippen LogP contribution in [0.15, 0.2) is 29.6 Å². The lowest BCUT2D eigenvalue weighted by atomic mass is 10.0. The van der Waals surface area contributed by atoms with Gasteiger partial charge in [0.2, 0.25) is 11.8 Å². The van der Waals surface area contributed by atoms with E-state index in [-0.39, 0.29) is 23.5 Å². The molecule has 27 heavy (non-hydrogen) atoms. The molecule has 0 spiro atoms. The quantitative estimate of drug-likeness (QED) is 0.865. The topological polar surface area (TPSA) is 62.3 Å². The van der Waals surface area contributed by atoms with E-state index in [1.165, 1.54) is 23.5 Å². The first-order chi connectivity index (χ1) is 13.0. The molecule has 1 aromatic carbocycles. The van der Waals surface area contributed by atoms with Crippen molar-refractivity contribution in [3.63, 3.8) is 0 Å². The molecule has 1 aliphatic carbocycles. The fraction of sp³-hybridized carbons (Fsp3) is 0.450. The van der Waals surface area contributed by atoms with Crippen molar-refractivity contribution in [3.8, 4) is 11.3 Å². The maximum atomic E-state index is 13.1. The third kappa shape index (κ3) is 3.88. The standard InChI is InChI=1S/C20H22FN3O2S/c1-12-10-15(12)19(26)24-9-3-2-4-17(24)18(25)23-20-22-16(11-27-20)13-5-7-14(21)8-6-13/h5-8,11-12,15,17H,2-4,9-10H2,1H3,(H,22,23,25)/t12-,15-,17+/m1/s1. The Morgan fingerprint density at radius 2 is 2.00 bits per heavy atom. The van der Waals surface area contributed by atoms with Gasteiger partial charge in [0, 0.05) is 23.4 Å². The second-order valence-corrected chi connectivity index (χ2v) is 8.25. The van der Waals surface area contributed by atoms with Crippen LogP contribution >= 0.6 is 11.3 Å². The Bertz CT molecular complexity index is 851. The van der Waals surface area contributed by atoms with Crippen LogP contribution < -0.4 is 5.32 Å². The summed E-state index contributed by atoms with van der Waals surface area (Å²) in [4.78, 5) is 31.7. The van der Waals surface area contributed by atoms with E-state index in [1.54, 1.807) is 17.0 Å². The average molecular weight is 387 g/mol. The molecule has 1 saturated heterocycles. The molecule has 2 aliphatic rings. The number of amides is 2. The second kappa shape index (κ2) is 7.38. The molecule has 142 valence electrons. The van der Waals surface area contributed by atoms with Gasteiger partial charge >= 0.3 is 0 Å². The van der Waals surface area contributed by atoms with Gasteiger partial charge in [0.1, 0.15) is 11.9 Å². The number of aromatic nitrogens is 1. The molecule has 0 bridgehead atoms. The van der Waals surface area contributed by atoms with Gasteiger partial charge in [-0.3, -0.25) is 9.59 Å². The van der Waals surface area contributed by atoms with Gasteiger partial charge in [0.05, 0.1) is 5.69 Å². The van der Waals surface area contributed by atoms with E-state index in [0.717, 1.165) is 24.8 Å². The Morgan fingerprint density at radius 3 is 2.70 bits per heavy atom. The molecule has 2 aromatic rings. The number of nitrogens with one attached hydrogen (secondary N) is 1. The second-order valence-electron chi connectivity index (χ2n) is 7.40. The SMILES string of the molecule is C[C@@H]1C[C@H]1C(=O)N1CCCC[C@H]1C(=O)Nc1nc(-c2ccc(F)cc2)cs1. The average Bonchev–Trinajstić information content (AvgIpc) is 3.23. The minimum atomic E-state index is -0.419. The van der Waals surface area contributed by atoms with E-state index >= 15 is 0 Å². The fourth-order valence-electron chi connectivity index (χ4n) is 3.62. The van der Waals surface area contributed by atoms with Crippen molar-refractivity contribution in [2.24, 2.45) is 11.8 Å². The molecular weight excluding hydrogens is 365 g/mol. The van der Waals surface area contributed by atoms with E-state index in [1.807, 2.05) is 5.38 Å². The lowest BCUT2D eigenvalue weighted by Gasteiger charge is -2.34. The third-order valence-corrected chi connectivity index (χ3v) is 6.15. The Hall–Kier alpha value is -2.28. The Labute approximate surface area is 161 Å². The van der Waals surface area contributed by atoms with Gasteiger partial charge in [0.15, 0.2) is 5.13 Å². The minimum Gasteiger partial charge on any atom is -0.330 e. The maximum Gasteiger partial charge on any atom is 0.248 e. The predicted molar refractivity (Wildman–Crippen MR) is 103 cm³/mol. The van der Waals surface area contributed by atoms with Crippen LogP contribution in [0.1, 0.15) is 32.6 Å². The van der Waals surface area contributed by atoms with Gasteiger partial charge in [0.25, 0.3) is 0 Å². The van der Waals surface area contributed by atoms with Crippen molar-refractivity contribution in [2.75, 3.05) is 11.9 Å². The van der Waals surface area contributed by atoms with Gasteiger partial charge < -0.3 is 10.2 Å². The molecule has 1 aromatic heterocycles. The van der Waals surface area contributed by atoms with Crippen LogP contribution in [0.5, 0.6) is 0 Å². The number of carbonyl (C=O) groups is 2. The highest BCUT2D eigenvalue weighted by molar-refractivity contribution is 7.14. The summed E-state index contributed by atoms with van der Waals surface area (Å²) < 4.78 is 13.1. The highest BCUT2D eigenvalue weighted by Gasteiger charge is 2.44. The normalized spacial score (nSPS) is 24.5. The molecule has 2 amide bonds. The van der Waals surface area contributed by atoms with E-state index in [4.69, 9.17) is 0 Å². The summed E-state index contributed by atoms with van der Waals surface area (Å²) in [5, 5.41) is 5.20. The highest BCUT2D eigenvalue weighted by atomic mass is 32.1. The van der Waals surface area contributed by atoms with Crippen molar-refractivity contribution >= 4 is 28.3 Å². The van der Waals surface area contributed by atoms with Gasteiger partial charge in [-0.25, -0.2) is 9.37 Å². The number of benzene rings is 1. The number of rotatable bonds is 4. The number of thiazole rings is 1. The molecule has 4 rings (SSSR count). The number of hydrogen-bond acceptors (Lipinski definition) is 4. The molecule has 5 nitrogen and oxygen atoms in total. The van der Waals surface area contributed by atoms with Gasteiger partial charge in [-0.1, -0.05) is 6.92 Å². The first kappa shape index (κ1) is 18.1. The van der Waals surface area contributed by atoms with Crippen LogP contribution in [0.3, 0.4) is 0 Å². The zero-order chi connectivity index (χ0) is 19.0. The molecule has 1 aliphatic heterocycles. The Kier molecular flexibility index (Phi) is 4.95. The molecule has 7 heteroatoms. The van der Waals surface area contributed by atoms with Gasteiger partial charge in [-0.2, -0.15) is 0 Å². The number of carbonyl (C=O) groups excluding carboxylic acids is 2. The van der Waals surface area contributed by atoms with Crippen LogP contribution in [-0.2, 0) is 9.59 Å². The summed E-state index contributed by atoms with van der Waals surface area (Å²) in [5.41, 5.74) is 1.49. The summed E-state index contributed by atoms with van der Waals surface area (Å²) in [5.74, 6) is 0.170. The number of hydrogen-bond donors (Lipinski definition) is 1. The number of nitrogens with zero attached hydrogens (tertiary/aromatic N) is 2. The molecule has 2 fully saturated rings. The molecular formula is C20H22FN3O2S. The van der Waals surface area contributed by atoms with Crippen molar-refractivity contribution in [1.29, 1.82) is 0 Å². The van der Waals surface area contributed by atoms with E-state index in [0.29, 0.717) is 29.7 Å². The zero-order valence-electron chi connectivity index (χ0n) is 15.2. The summed E-state index contributed by atoms with van der Waals surface area (Å²) >= 11 is 1.33. The molecule has 0 radical (unpaired) electrons. The zero-order valence-corrected chi connectivity index (χ0v) is 16.0. The Morgan fingerprint density at radius 1 is 1.26 bits per heavy atom. The molecule has 3 atom stereocenters. The van der Waals surface area contributed by atoms with Gasteiger partial charge in [-0.15, -0.1) is 11.3 Å². The summed E-state index contributed by atoms with van der Waals surface area (Å²) in [6.07, 6.45) is 3.51. The minimum absolute atomic E-state index is 0.0864. The monoisotopic (exact) mass is 387 g/mol. The van der Waals surface area contributed by atoms with E-state index < -0.39 is 6.04 Å². The molecule has 1 saturated carbocycles. The van der Waals surface area contributed by atoms with Crippen LogP contribution in [0.4, 0.5) is 9.52 Å². The van der Waals surface area contributed by atoms with Crippen molar-refractivity contribution in [3.05, 3.63) is 35.5 Å². The Balaban J connectivity index is 1.44. The number of likely N-dealkylation sites (tertiary alicyclic amines) is 1. The summed E-state index contributed by atoms with van der Waals surface area (Å²) in [6, 6.07) is 5.68. The van der Waals surface area contributed by atoms with E-state index in [9.17, 15) is 14.0 Å². The number of halogens is 1. The number of piperidine rings is 1. The van der Waals surface area contributed by atoms with Crippen LogP contribution in [0.25, 0.3) is 11.3 Å². The lowest BCUT2D eigenvalue weighted by Crippen LogP contribution is -2.50. The largest absolute Gasteiger partial charge is 0.330 e. The highest BCUT2D eigenvalue weighted by Crippen LogP contribution is 2.40. The first-order valence-corrected chi connectivity index (χ1v) is 10.2. The van der Waals surface area contributed by atoms with E-state index in [2.05, 4.69) is 17.2 Å². The van der Waals surface area contributed by atoms with Crippen molar-refractivity contribution < 1.29 is 14.0 Å². The third-order valence-electron chi connectivity index (χ3n) is 5.39. The maximum absolute atomic E-state index is 13.1. The first-order valence-electron chi connectivity index (χ1n) is 9.36.